The molecular weight excluding hydrogens is 218 g/mol. The van der Waals surface area contributed by atoms with Gasteiger partial charge in [0.05, 0.1) is 12.7 Å². The third-order valence-electron chi connectivity index (χ3n) is 2.40. The van der Waals surface area contributed by atoms with Crippen LogP contribution in [0.1, 0.15) is 42.0 Å². The SMILES string of the molecule is [2H]C([2H])([2H])C(C)(C)NC[C@@H](O)c1ccc(O)c(CO)c1. The van der Waals surface area contributed by atoms with E-state index in [-0.39, 0.29) is 18.9 Å². The highest BCUT2D eigenvalue weighted by atomic mass is 16.3. The molecule has 1 aromatic rings. The monoisotopic (exact) mass is 242 g/mol. The largest absolute Gasteiger partial charge is 0.508 e. The van der Waals surface area contributed by atoms with Crippen LogP contribution in [0, 0.1) is 0 Å². The molecule has 0 saturated carbocycles. The summed E-state index contributed by atoms with van der Waals surface area (Å²) in [4.78, 5) is 0. The summed E-state index contributed by atoms with van der Waals surface area (Å²) in [6, 6.07) is 4.41. The van der Waals surface area contributed by atoms with Gasteiger partial charge in [0.2, 0.25) is 0 Å². The minimum absolute atomic E-state index is 0.0424. The number of β-amino-alcohol motifs (C(OH)–C–C–N with tert-alkyl or cyclic N) is 1. The van der Waals surface area contributed by atoms with E-state index in [1.54, 1.807) is 13.8 Å². The molecule has 0 bridgehead atoms. The second-order valence-corrected chi connectivity index (χ2v) is 4.57. The summed E-state index contributed by atoms with van der Waals surface area (Å²) in [6.45, 7) is 0.630. The van der Waals surface area contributed by atoms with Crippen LogP contribution in [0.3, 0.4) is 0 Å². The number of rotatable bonds is 4. The van der Waals surface area contributed by atoms with Crippen molar-refractivity contribution < 1.29 is 19.4 Å². The number of phenols is 1. The Morgan fingerprint density at radius 1 is 1.47 bits per heavy atom. The van der Waals surface area contributed by atoms with E-state index < -0.39 is 18.5 Å². The molecule has 0 aliphatic carbocycles. The third kappa shape index (κ3) is 4.34. The molecular formula is C13H21NO3. The van der Waals surface area contributed by atoms with Gasteiger partial charge in [-0.15, -0.1) is 0 Å². The molecule has 4 heteroatoms. The first-order valence-corrected chi connectivity index (χ1v) is 5.44. The van der Waals surface area contributed by atoms with Crippen molar-refractivity contribution in [1.82, 2.24) is 5.32 Å². The first-order valence-electron chi connectivity index (χ1n) is 6.94. The lowest BCUT2D eigenvalue weighted by Gasteiger charge is -2.23. The Kier molecular flexibility index (Phi) is 3.19. The van der Waals surface area contributed by atoms with E-state index >= 15 is 0 Å². The second kappa shape index (κ2) is 5.49. The van der Waals surface area contributed by atoms with Crippen molar-refractivity contribution in [3.8, 4) is 5.75 Å². The summed E-state index contributed by atoms with van der Waals surface area (Å²) in [5.74, 6) is -0.0424. The van der Waals surface area contributed by atoms with Gasteiger partial charge in [-0.05, 0) is 38.4 Å². The van der Waals surface area contributed by atoms with Gasteiger partial charge >= 0.3 is 0 Å². The van der Waals surface area contributed by atoms with Crippen LogP contribution in [0.5, 0.6) is 5.75 Å². The molecule has 0 aliphatic rings. The van der Waals surface area contributed by atoms with Gasteiger partial charge in [-0.25, -0.2) is 0 Å². The quantitative estimate of drug-likeness (QED) is 0.642. The zero-order valence-corrected chi connectivity index (χ0v) is 10.1. The van der Waals surface area contributed by atoms with Crippen LogP contribution in [-0.4, -0.2) is 27.4 Å². The number of aliphatic hydroxyl groups excluding tert-OH is 2. The lowest BCUT2D eigenvalue weighted by atomic mass is 10.0. The normalized spacial score (nSPS) is 17.1. The fourth-order valence-electron chi connectivity index (χ4n) is 1.41. The van der Waals surface area contributed by atoms with Crippen molar-refractivity contribution in [2.45, 2.75) is 38.9 Å². The third-order valence-corrected chi connectivity index (χ3v) is 2.40. The van der Waals surface area contributed by atoms with Crippen molar-refractivity contribution >= 4 is 0 Å². The highest BCUT2D eigenvalue weighted by molar-refractivity contribution is 5.36. The van der Waals surface area contributed by atoms with E-state index in [0.29, 0.717) is 11.1 Å². The van der Waals surface area contributed by atoms with Crippen molar-refractivity contribution in [1.29, 1.82) is 0 Å². The topological polar surface area (TPSA) is 72.7 Å². The Bertz CT molecular complexity index is 461. The molecule has 0 aliphatic heterocycles. The van der Waals surface area contributed by atoms with Crippen molar-refractivity contribution in [2.24, 2.45) is 0 Å². The van der Waals surface area contributed by atoms with Gasteiger partial charge in [0.25, 0.3) is 0 Å². The number of benzene rings is 1. The zero-order chi connectivity index (χ0) is 15.6. The Labute approximate surface area is 106 Å². The molecule has 0 radical (unpaired) electrons. The average molecular weight is 242 g/mol. The first-order chi connectivity index (χ1) is 9.08. The smallest absolute Gasteiger partial charge is 0.121 e. The van der Waals surface area contributed by atoms with Crippen molar-refractivity contribution in [3.05, 3.63) is 29.3 Å². The number of nitrogens with one attached hydrogen (secondary N) is 1. The molecule has 0 saturated heterocycles. The predicted molar refractivity (Wildman–Crippen MR) is 66.7 cm³/mol. The lowest BCUT2D eigenvalue weighted by molar-refractivity contribution is 0.163. The van der Waals surface area contributed by atoms with Crippen molar-refractivity contribution in [3.63, 3.8) is 0 Å². The zero-order valence-electron chi connectivity index (χ0n) is 13.1. The molecule has 0 amide bonds. The van der Waals surface area contributed by atoms with E-state index in [1.807, 2.05) is 0 Å². The number of aromatic hydroxyl groups is 1. The molecule has 0 aromatic heterocycles. The van der Waals surface area contributed by atoms with Gasteiger partial charge in [-0.2, -0.15) is 0 Å². The highest BCUT2D eigenvalue weighted by Gasteiger charge is 2.14. The minimum atomic E-state index is -2.18. The maximum atomic E-state index is 10.1. The molecule has 0 fully saturated rings. The summed E-state index contributed by atoms with van der Waals surface area (Å²) < 4.78 is 22.2. The fourth-order valence-corrected chi connectivity index (χ4v) is 1.41. The molecule has 0 spiro atoms. The van der Waals surface area contributed by atoms with Gasteiger partial charge in [-0.3, -0.25) is 0 Å². The van der Waals surface area contributed by atoms with E-state index in [9.17, 15) is 10.2 Å². The van der Waals surface area contributed by atoms with Crippen molar-refractivity contribution in [2.75, 3.05) is 6.54 Å². The molecule has 1 rings (SSSR count). The van der Waals surface area contributed by atoms with Crippen LogP contribution in [0.4, 0.5) is 0 Å². The van der Waals surface area contributed by atoms with E-state index in [0.717, 1.165) is 0 Å². The molecule has 0 heterocycles. The Balaban J connectivity index is 2.75. The highest BCUT2D eigenvalue weighted by Crippen LogP contribution is 2.22. The average Bonchev–Trinajstić information content (AvgIpc) is 2.35. The maximum Gasteiger partial charge on any atom is 0.121 e. The minimum Gasteiger partial charge on any atom is -0.508 e. The first kappa shape index (κ1) is 9.88. The van der Waals surface area contributed by atoms with Gasteiger partial charge in [0.1, 0.15) is 5.75 Å². The van der Waals surface area contributed by atoms with E-state index in [2.05, 4.69) is 5.32 Å². The van der Waals surface area contributed by atoms with Crippen LogP contribution < -0.4 is 5.32 Å². The summed E-state index contributed by atoms with van der Waals surface area (Å²) in [6.07, 6.45) is -0.928. The molecule has 1 aromatic carbocycles. The number of hydrogen-bond acceptors (Lipinski definition) is 4. The summed E-state index contributed by atoms with van der Waals surface area (Å²) in [5, 5.41) is 31.4. The molecule has 0 unspecified atom stereocenters. The van der Waals surface area contributed by atoms with Gasteiger partial charge in [0, 0.05) is 21.8 Å². The maximum absolute atomic E-state index is 10.1. The standard InChI is InChI=1S/C13H21NO3/c1-13(2,3)14-7-12(17)9-4-5-11(16)10(6-9)8-15/h4-6,12,14-17H,7-8H2,1-3H3/t12-/m1/s1/i1D3. The number of aliphatic hydroxyl groups is 2. The van der Waals surface area contributed by atoms with Crippen LogP contribution in [-0.2, 0) is 6.61 Å². The summed E-state index contributed by atoms with van der Waals surface area (Å²) in [5.41, 5.74) is -0.303. The van der Waals surface area contributed by atoms with Gasteiger partial charge in [-0.1, -0.05) is 6.07 Å². The number of hydrogen-bond donors (Lipinski definition) is 4. The summed E-state index contributed by atoms with van der Waals surface area (Å²) in [7, 11) is 0. The van der Waals surface area contributed by atoms with Crippen LogP contribution in [0.15, 0.2) is 18.2 Å². The molecule has 4 nitrogen and oxygen atoms in total. The second-order valence-electron chi connectivity index (χ2n) is 4.57. The molecule has 4 N–H and O–H groups in total. The van der Waals surface area contributed by atoms with Gasteiger partial charge in [0.15, 0.2) is 0 Å². The molecule has 17 heavy (non-hydrogen) atoms. The Hall–Kier alpha value is -1.10. The van der Waals surface area contributed by atoms with Crippen LogP contribution >= 0.6 is 0 Å². The lowest BCUT2D eigenvalue weighted by Crippen LogP contribution is -2.38. The van der Waals surface area contributed by atoms with Crippen LogP contribution in [0.2, 0.25) is 0 Å². The Morgan fingerprint density at radius 2 is 2.18 bits per heavy atom. The van der Waals surface area contributed by atoms with Gasteiger partial charge < -0.3 is 20.6 Å². The molecule has 96 valence electrons. The van der Waals surface area contributed by atoms with E-state index in [1.165, 1.54) is 18.2 Å². The Morgan fingerprint density at radius 3 is 2.76 bits per heavy atom. The van der Waals surface area contributed by atoms with Crippen LogP contribution in [0.25, 0.3) is 0 Å². The predicted octanol–water partition coefficient (Wildman–Crippen LogP) is 1.31. The summed E-state index contributed by atoms with van der Waals surface area (Å²) >= 11 is 0. The molecule has 1 atom stereocenters. The van der Waals surface area contributed by atoms with E-state index in [4.69, 9.17) is 9.22 Å². The fraction of sp³-hybridized carbons (Fsp3) is 0.538.